The van der Waals surface area contributed by atoms with Gasteiger partial charge in [0.05, 0.1) is 16.4 Å². The van der Waals surface area contributed by atoms with E-state index in [1.165, 1.54) is 4.68 Å². The van der Waals surface area contributed by atoms with Crippen molar-refractivity contribution in [1.82, 2.24) is 19.7 Å². The van der Waals surface area contributed by atoms with Gasteiger partial charge in [0.2, 0.25) is 5.95 Å². The fourth-order valence-electron chi connectivity index (χ4n) is 1.55. The van der Waals surface area contributed by atoms with Gasteiger partial charge in [-0.1, -0.05) is 11.6 Å². The lowest BCUT2D eigenvalue weighted by atomic mass is 10.3. The molecule has 2 heterocycles. The second-order valence-corrected chi connectivity index (χ2v) is 4.24. The van der Waals surface area contributed by atoms with Crippen molar-refractivity contribution in [2.24, 2.45) is 0 Å². The van der Waals surface area contributed by atoms with Gasteiger partial charge in [-0.3, -0.25) is 0 Å². The molecule has 2 N–H and O–H groups in total. The minimum Gasteiger partial charge on any atom is -0.368 e. The summed E-state index contributed by atoms with van der Waals surface area (Å²) in [5.41, 5.74) is 5.13. The van der Waals surface area contributed by atoms with Crippen LogP contribution in [0.4, 0.5) is 19.1 Å². The third-order valence-corrected chi connectivity index (χ3v) is 2.99. The molecule has 0 spiro atoms. The summed E-state index contributed by atoms with van der Waals surface area (Å²) in [5, 5.41) is 4.38. The third-order valence-electron chi connectivity index (χ3n) is 2.44. The van der Waals surface area contributed by atoms with Crippen molar-refractivity contribution in [3.63, 3.8) is 0 Å². The molecule has 0 aromatic carbocycles. The highest BCUT2D eigenvalue weighted by molar-refractivity contribution is 6.31. The van der Waals surface area contributed by atoms with E-state index in [1.54, 1.807) is 13.8 Å². The molecule has 0 atom stereocenters. The zero-order chi connectivity index (χ0) is 14.4. The minimum atomic E-state index is -4.61. The monoisotopic (exact) mass is 291 g/mol. The molecule has 0 radical (unpaired) electrons. The number of rotatable bonds is 1. The van der Waals surface area contributed by atoms with Crippen molar-refractivity contribution in [3.8, 4) is 5.82 Å². The Balaban J connectivity index is 2.63. The number of nitrogens with two attached hydrogens (primary N) is 1. The molecular formula is C10H9ClF3N5. The average molecular weight is 292 g/mol. The average Bonchev–Trinajstić information content (AvgIpc) is 2.55. The van der Waals surface area contributed by atoms with E-state index < -0.39 is 17.8 Å². The Hall–Kier alpha value is -1.83. The quantitative estimate of drug-likeness (QED) is 0.876. The number of nitrogens with zero attached hydrogens (tertiary/aromatic N) is 4. The molecule has 0 fully saturated rings. The Kier molecular flexibility index (Phi) is 3.13. The van der Waals surface area contributed by atoms with Crippen molar-refractivity contribution in [2.45, 2.75) is 20.0 Å². The second kappa shape index (κ2) is 4.37. The highest BCUT2D eigenvalue weighted by Crippen LogP contribution is 2.29. The summed E-state index contributed by atoms with van der Waals surface area (Å²) in [4.78, 5) is 6.90. The highest BCUT2D eigenvalue weighted by atomic mass is 35.5. The number of anilines is 1. The van der Waals surface area contributed by atoms with Crippen LogP contribution in [0.25, 0.3) is 5.82 Å². The summed E-state index contributed by atoms with van der Waals surface area (Å²) in [6, 6.07) is 0.770. The molecular weight excluding hydrogens is 283 g/mol. The Morgan fingerprint density at radius 2 is 1.89 bits per heavy atom. The maximum atomic E-state index is 12.6. The summed E-state index contributed by atoms with van der Waals surface area (Å²) in [7, 11) is 0. The number of aryl methyl sites for hydroxylation is 1. The Morgan fingerprint density at radius 3 is 2.37 bits per heavy atom. The van der Waals surface area contributed by atoms with Crippen LogP contribution in [0, 0.1) is 13.8 Å². The van der Waals surface area contributed by atoms with Gasteiger partial charge in [-0.2, -0.15) is 23.3 Å². The van der Waals surface area contributed by atoms with Gasteiger partial charge in [-0.25, -0.2) is 9.67 Å². The van der Waals surface area contributed by atoms with Gasteiger partial charge in [0.15, 0.2) is 11.5 Å². The van der Waals surface area contributed by atoms with Crippen molar-refractivity contribution >= 4 is 17.5 Å². The standard InChI is InChI=1S/C10H9ClF3N5/c1-4-8(11)5(2)19(18-4)7-3-6(10(12,13)14)16-9(15)17-7/h3H,1-2H3,(H2,15,16,17). The maximum absolute atomic E-state index is 12.6. The number of nitrogen functional groups attached to an aromatic ring is 1. The van der Waals surface area contributed by atoms with Crippen molar-refractivity contribution in [1.29, 1.82) is 0 Å². The summed E-state index contributed by atoms with van der Waals surface area (Å²) in [5.74, 6) is -0.555. The first kappa shape index (κ1) is 13.6. The molecule has 0 aliphatic rings. The van der Waals surface area contributed by atoms with Crippen molar-refractivity contribution < 1.29 is 13.2 Å². The zero-order valence-electron chi connectivity index (χ0n) is 9.96. The molecule has 0 saturated heterocycles. The van der Waals surface area contributed by atoms with Gasteiger partial charge in [0.1, 0.15) is 0 Å². The van der Waals surface area contributed by atoms with Gasteiger partial charge in [-0.15, -0.1) is 0 Å². The number of hydrogen-bond donors (Lipinski definition) is 1. The van der Waals surface area contributed by atoms with Crippen LogP contribution in [0.15, 0.2) is 6.07 Å². The fraction of sp³-hybridized carbons (Fsp3) is 0.300. The van der Waals surface area contributed by atoms with E-state index in [-0.39, 0.29) is 5.82 Å². The van der Waals surface area contributed by atoms with Crippen LogP contribution in [-0.4, -0.2) is 19.7 Å². The van der Waals surface area contributed by atoms with E-state index in [1.807, 2.05) is 0 Å². The van der Waals surface area contributed by atoms with Gasteiger partial charge in [0, 0.05) is 6.07 Å². The molecule has 2 aromatic rings. The van der Waals surface area contributed by atoms with E-state index >= 15 is 0 Å². The van der Waals surface area contributed by atoms with Crippen LogP contribution >= 0.6 is 11.6 Å². The van der Waals surface area contributed by atoms with E-state index in [0.717, 1.165) is 6.07 Å². The molecule has 2 aromatic heterocycles. The van der Waals surface area contributed by atoms with Crippen LogP contribution in [0.1, 0.15) is 17.1 Å². The largest absolute Gasteiger partial charge is 0.433 e. The molecule has 19 heavy (non-hydrogen) atoms. The first-order valence-electron chi connectivity index (χ1n) is 5.14. The van der Waals surface area contributed by atoms with E-state index in [0.29, 0.717) is 16.4 Å². The number of halogens is 4. The van der Waals surface area contributed by atoms with Crippen LogP contribution in [0.2, 0.25) is 5.02 Å². The lowest BCUT2D eigenvalue weighted by Crippen LogP contribution is -2.14. The lowest BCUT2D eigenvalue weighted by molar-refractivity contribution is -0.141. The Morgan fingerprint density at radius 1 is 1.26 bits per heavy atom. The minimum absolute atomic E-state index is 0.0766. The molecule has 0 aliphatic heterocycles. The molecule has 9 heteroatoms. The first-order chi connectivity index (χ1) is 8.70. The van der Waals surface area contributed by atoms with E-state index in [2.05, 4.69) is 15.1 Å². The van der Waals surface area contributed by atoms with Crippen LogP contribution in [0.3, 0.4) is 0 Å². The topological polar surface area (TPSA) is 69.6 Å². The molecule has 0 unspecified atom stereocenters. The predicted molar refractivity (Wildman–Crippen MR) is 63.1 cm³/mol. The molecule has 0 amide bonds. The summed E-state index contributed by atoms with van der Waals surface area (Å²) >= 11 is 5.94. The Bertz CT molecular complexity index is 635. The summed E-state index contributed by atoms with van der Waals surface area (Å²) in [6.07, 6.45) is -4.61. The first-order valence-corrected chi connectivity index (χ1v) is 5.52. The summed E-state index contributed by atoms with van der Waals surface area (Å²) < 4.78 is 39.1. The molecule has 0 bridgehead atoms. The lowest BCUT2D eigenvalue weighted by Gasteiger charge is -2.09. The number of alkyl halides is 3. The summed E-state index contributed by atoms with van der Waals surface area (Å²) in [6.45, 7) is 3.26. The maximum Gasteiger partial charge on any atom is 0.433 e. The Labute approximate surface area is 111 Å². The van der Waals surface area contributed by atoms with Crippen LogP contribution in [-0.2, 0) is 6.18 Å². The number of aromatic nitrogens is 4. The normalized spacial score (nSPS) is 11.9. The van der Waals surface area contributed by atoms with Crippen LogP contribution < -0.4 is 5.73 Å². The molecule has 102 valence electrons. The molecule has 0 aliphatic carbocycles. The van der Waals surface area contributed by atoms with Crippen LogP contribution in [0.5, 0.6) is 0 Å². The SMILES string of the molecule is Cc1nn(-c2cc(C(F)(F)F)nc(N)n2)c(C)c1Cl. The van der Waals surface area contributed by atoms with Gasteiger partial charge < -0.3 is 5.73 Å². The third kappa shape index (κ3) is 2.48. The molecule has 0 saturated carbocycles. The highest BCUT2D eigenvalue weighted by Gasteiger charge is 2.34. The number of hydrogen-bond acceptors (Lipinski definition) is 4. The fourth-order valence-corrected chi connectivity index (χ4v) is 1.67. The van der Waals surface area contributed by atoms with Crippen molar-refractivity contribution in [3.05, 3.63) is 28.2 Å². The second-order valence-electron chi connectivity index (χ2n) is 3.86. The molecule has 2 rings (SSSR count). The molecule has 5 nitrogen and oxygen atoms in total. The van der Waals surface area contributed by atoms with E-state index in [9.17, 15) is 13.2 Å². The van der Waals surface area contributed by atoms with Crippen molar-refractivity contribution in [2.75, 3.05) is 5.73 Å². The van der Waals surface area contributed by atoms with Gasteiger partial charge in [-0.05, 0) is 13.8 Å². The van der Waals surface area contributed by atoms with Gasteiger partial charge >= 0.3 is 6.18 Å². The predicted octanol–water partition coefficient (Wildman–Crippen LogP) is 2.53. The van der Waals surface area contributed by atoms with E-state index in [4.69, 9.17) is 17.3 Å². The smallest absolute Gasteiger partial charge is 0.368 e. The zero-order valence-corrected chi connectivity index (χ0v) is 10.7. The van der Waals surface area contributed by atoms with Gasteiger partial charge in [0.25, 0.3) is 0 Å².